The van der Waals surface area contributed by atoms with Gasteiger partial charge >= 0.3 is 5.97 Å². The molecule has 0 N–H and O–H groups in total. The van der Waals surface area contributed by atoms with Gasteiger partial charge in [-0.15, -0.1) is 0 Å². The maximum atomic E-state index is 11.2. The van der Waals surface area contributed by atoms with E-state index in [0.717, 1.165) is 13.1 Å². The summed E-state index contributed by atoms with van der Waals surface area (Å²) >= 11 is 3.35. The molecule has 0 spiro atoms. The van der Waals surface area contributed by atoms with Crippen LogP contribution in [-0.2, 0) is 9.53 Å². The molecule has 2 unspecified atom stereocenters. The summed E-state index contributed by atoms with van der Waals surface area (Å²) in [4.78, 5) is 13.4. The van der Waals surface area contributed by atoms with Crippen LogP contribution in [0.2, 0.25) is 0 Å². The Labute approximate surface area is 93.9 Å². The van der Waals surface area contributed by atoms with Gasteiger partial charge in [-0.05, 0) is 25.8 Å². The van der Waals surface area contributed by atoms with E-state index in [0.29, 0.717) is 6.04 Å². The highest BCUT2D eigenvalue weighted by Gasteiger charge is 2.27. The zero-order chi connectivity index (χ0) is 10.6. The molecule has 1 aliphatic heterocycles. The smallest absolute Gasteiger partial charge is 0.320 e. The molecule has 0 aliphatic carbocycles. The van der Waals surface area contributed by atoms with E-state index in [-0.39, 0.29) is 10.8 Å². The molecule has 1 aliphatic rings. The normalized spacial score (nSPS) is 24.9. The molecule has 0 aromatic heterocycles. The average molecular weight is 264 g/mol. The molecule has 1 rings (SSSR count). The Hall–Kier alpha value is -0.0900. The molecule has 3 nitrogen and oxygen atoms in total. The highest BCUT2D eigenvalue weighted by molar-refractivity contribution is 9.10. The zero-order valence-electron chi connectivity index (χ0n) is 8.83. The lowest BCUT2D eigenvalue weighted by Crippen LogP contribution is -2.37. The first-order valence-corrected chi connectivity index (χ1v) is 6.06. The molecule has 1 fully saturated rings. The van der Waals surface area contributed by atoms with Crippen LogP contribution in [0, 0.1) is 0 Å². The number of rotatable bonds is 4. The fraction of sp³-hybridized carbons (Fsp3) is 0.900. The van der Waals surface area contributed by atoms with Crippen LogP contribution in [0.15, 0.2) is 0 Å². The molecular weight excluding hydrogens is 246 g/mol. The van der Waals surface area contributed by atoms with Gasteiger partial charge in [0.2, 0.25) is 0 Å². The fourth-order valence-corrected chi connectivity index (χ4v) is 2.56. The third-order valence-corrected chi connectivity index (χ3v) is 3.49. The van der Waals surface area contributed by atoms with Crippen molar-refractivity contribution >= 4 is 21.9 Å². The minimum Gasteiger partial charge on any atom is -0.468 e. The van der Waals surface area contributed by atoms with Crippen LogP contribution in [0.5, 0.6) is 0 Å². The largest absolute Gasteiger partial charge is 0.468 e. The van der Waals surface area contributed by atoms with Crippen LogP contribution >= 0.6 is 15.9 Å². The number of hydrogen-bond donors (Lipinski definition) is 0. The van der Waals surface area contributed by atoms with Crippen LogP contribution in [0.25, 0.3) is 0 Å². The second-order valence-corrected chi connectivity index (χ2v) is 4.80. The summed E-state index contributed by atoms with van der Waals surface area (Å²) in [5.41, 5.74) is 0. The molecule has 1 saturated heterocycles. The van der Waals surface area contributed by atoms with Gasteiger partial charge in [-0.25, -0.2) is 0 Å². The van der Waals surface area contributed by atoms with Crippen molar-refractivity contribution in [1.82, 2.24) is 4.90 Å². The molecule has 82 valence electrons. The van der Waals surface area contributed by atoms with E-state index in [1.807, 2.05) is 0 Å². The molecule has 1 heterocycles. The zero-order valence-corrected chi connectivity index (χ0v) is 10.4. The van der Waals surface area contributed by atoms with Crippen molar-refractivity contribution in [2.75, 3.05) is 20.2 Å². The summed E-state index contributed by atoms with van der Waals surface area (Å²) < 4.78 is 4.68. The summed E-state index contributed by atoms with van der Waals surface area (Å²) in [5, 5.41) is 0. The second-order valence-electron chi connectivity index (χ2n) is 3.69. The summed E-state index contributed by atoms with van der Waals surface area (Å²) in [6.45, 7) is 4.08. The second kappa shape index (κ2) is 5.71. The molecule has 0 aromatic rings. The number of carbonyl (C=O) groups excluding carboxylic acids is 1. The number of ether oxygens (including phenoxy) is 1. The summed E-state index contributed by atoms with van der Waals surface area (Å²) in [7, 11) is 1.43. The van der Waals surface area contributed by atoms with E-state index in [9.17, 15) is 4.79 Å². The maximum absolute atomic E-state index is 11.2. The van der Waals surface area contributed by atoms with Gasteiger partial charge in [0.1, 0.15) is 4.83 Å². The van der Waals surface area contributed by atoms with Crippen molar-refractivity contribution in [3.8, 4) is 0 Å². The Kier molecular flexibility index (Phi) is 4.89. The number of hydrogen-bond acceptors (Lipinski definition) is 3. The van der Waals surface area contributed by atoms with Crippen molar-refractivity contribution < 1.29 is 9.53 Å². The monoisotopic (exact) mass is 263 g/mol. The third kappa shape index (κ3) is 2.95. The molecule has 14 heavy (non-hydrogen) atoms. The first-order chi connectivity index (χ1) is 6.69. The number of halogens is 1. The van der Waals surface area contributed by atoms with E-state index in [1.165, 1.54) is 26.4 Å². The van der Waals surface area contributed by atoms with Gasteiger partial charge in [0.05, 0.1) is 7.11 Å². The number of nitrogens with zero attached hydrogens (tertiary/aromatic N) is 1. The van der Waals surface area contributed by atoms with Crippen LogP contribution in [-0.4, -0.2) is 41.9 Å². The number of esters is 1. The van der Waals surface area contributed by atoms with Crippen LogP contribution in [0.3, 0.4) is 0 Å². The predicted molar refractivity (Wildman–Crippen MR) is 59.6 cm³/mol. The van der Waals surface area contributed by atoms with Crippen LogP contribution in [0.1, 0.15) is 26.2 Å². The van der Waals surface area contributed by atoms with Crippen molar-refractivity contribution in [3.05, 3.63) is 0 Å². The SMILES string of the molecule is CCC1CCCN1CC(Br)C(=O)OC. The molecule has 2 atom stereocenters. The highest BCUT2D eigenvalue weighted by Crippen LogP contribution is 2.21. The molecule has 0 radical (unpaired) electrons. The van der Waals surface area contributed by atoms with Gasteiger partial charge in [-0.2, -0.15) is 0 Å². The van der Waals surface area contributed by atoms with Gasteiger partial charge in [-0.1, -0.05) is 22.9 Å². The van der Waals surface area contributed by atoms with Crippen molar-refractivity contribution in [3.63, 3.8) is 0 Å². The van der Waals surface area contributed by atoms with Gasteiger partial charge in [0.25, 0.3) is 0 Å². The Balaban J connectivity index is 2.39. The van der Waals surface area contributed by atoms with E-state index in [4.69, 9.17) is 0 Å². The Morgan fingerprint density at radius 2 is 2.43 bits per heavy atom. The predicted octanol–water partition coefficient (Wildman–Crippen LogP) is 1.80. The summed E-state index contributed by atoms with van der Waals surface area (Å²) in [6, 6.07) is 0.653. The number of carbonyl (C=O) groups is 1. The lowest BCUT2D eigenvalue weighted by molar-refractivity contribution is -0.140. The van der Waals surface area contributed by atoms with Gasteiger partial charge in [0.15, 0.2) is 0 Å². The van der Waals surface area contributed by atoms with E-state index < -0.39 is 0 Å². The van der Waals surface area contributed by atoms with Gasteiger partial charge in [0, 0.05) is 12.6 Å². The lowest BCUT2D eigenvalue weighted by Gasteiger charge is -2.24. The third-order valence-electron chi connectivity index (χ3n) is 2.82. The first-order valence-electron chi connectivity index (χ1n) is 5.15. The topological polar surface area (TPSA) is 29.5 Å². The quantitative estimate of drug-likeness (QED) is 0.572. The van der Waals surface area contributed by atoms with Gasteiger partial charge < -0.3 is 4.74 Å². The minimum absolute atomic E-state index is 0.174. The number of alkyl halides is 1. The Morgan fingerprint density at radius 1 is 1.71 bits per heavy atom. The molecule has 4 heteroatoms. The Bertz CT molecular complexity index is 199. The fourth-order valence-electron chi connectivity index (χ4n) is 2.01. The summed E-state index contributed by atoms with van der Waals surface area (Å²) in [5.74, 6) is -0.174. The summed E-state index contributed by atoms with van der Waals surface area (Å²) in [6.07, 6.45) is 3.68. The molecule has 0 saturated carbocycles. The van der Waals surface area contributed by atoms with Crippen molar-refractivity contribution in [2.24, 2.45) is 0 Å². The highest BCUT2D eigenvalue weighted by atomic mass is 79.9. The number of likely N-dealkylation sites (tertiary alicyclic amines) is 1. The lowest BCUT2D eigenvalue weighted by atomic mass is 10.2. The molecule has 0 amide bonds. The van der Waals surface area contributed by atoms with Crippen molar-refractivity contribution in [1.29, 1.82) is 0 Å². The van der Waals surface area contributed by atoms with Crippen LogP contribution < -0.4 is 0 Å². The van der Waals surface area contributed by atoms with Crippen molar-refractivity contribution in [2.45, 2.75) is 37.1 Å². The maximum Gasteiger partial charge on any atom is 0.320 e. The molecule has 0 aromatic carbocycles. The number of methoxy groups -OCH3 is 1. The van der Waals surface area contributed by atoms with E-state index in [2.05, 4.69) is 32.5 Å². The molecule has 0 bridgehead atoms. The minimum atomic E-state index is -0.181. The van der Waals surface area contributed by atoms with E-state index >= 15 is 0 Å². The first kappa shape index (κ1) is 12.0. The molecular formula is C10H18BrNO2. The van der Waals surface area contributed by atoms with Crippen LogP contribution in [0.4, 0.5) is 0 Å². The Morgan fingerprint density at radius 3 is 3.00 bits per heavy atom. The average Bonchev–Trinajstić information content (AvgIpc) is 2.63. The standard InChI is InChI=1S/C10H18BrNO2/c1-3-8-5-4-6-12(8)7-9(11)10(13)14-2/h8-9H,3-7H2,1-2H3. The van der Waals surface area contributed by atoms with E-state index in [1.54, 1.807) is 0 Å². The van der Waals surface area contributed by atoms with Gasteiger partial charge in [-0.3, -0.25) is 9.69 Å².